The molecule has 100 heavy (non-hydrogen) atoms. The fourth-order valence-electron chi connectivity index (χ4n) is 16.0. The van der Waals surface area contributed by atoms with Crippen LogP contribution in [0.1, 0.15) is 0 Å². The van der Waals surface area contributed by atoms with Crippen molar-refractivity contribution in [3.8, 4) is 101 Å². The first-order chi connectivity index (χ1) is 49.6. The maximum Gasteiger partial charge on any atom is 0.0541 e. The Hall–Kier alpha value is -13.3. The fraction of sp³-hybridized carbons (Fsp3) is 0. The molecular formula is C96H62N4. The number of hydrogen-bond donors (Lipinski definition) is 0. The Kier molecular flexibility index (Phi) is 13.2. The molecule has 4 heteroatoms. The normalized spacial score (nSPS) is 11.8. The summed E-state index contributed by atoms with van der Waals surface area (Å²) in [6.45, 7) is 0. The largest absolute Gasteiger partial charge is 0.309 e. The predicted molar refractivity (Wildman–Crippen MR) is 422 cm³/mol. The number of hydrogen-bond acceptors (Lipinski definition) is 0. The molecule has 20 aromatic rings. The molecule has 0 unspecified atom stereocenters. The van der Waals surface area contributed by atoms with Gasteiger partial charge in [0.25, 0.3) is 0 Å². The average molecular weight is 1270 g/mol. The number of benzene rings is 16. The number of para-hydroxylation sites is 6. The third-order valence-electron chi connectivity index (χ3n) is 20.8. The van der Waals surface area contributed by atoms with Gasteiger partial charge in [0.2, 0.25) is 0 Å². The summed E-state index contributed by atoms with van der Waals surface area (Å²) in [6, 6.07) is 139. The molecule has 4 nitrogen and oxygen atoms in total. The van der Waals surface area contributed by atoms with E-state index in [-0.39, 0.29) is 0 Å². The smallest absolute Gasteiger partial charge is 0.0541 e. The summed E-state index contributed by atoms with van der Waals surface area (Å²) in [7, 11) is 0. The summed E-state index contributed by atoms with van der Waals surface area (Å²) >= 11 is 0. The van der Waals surface area contributed by atoms with E-state index in [9.17, 15) is 0 Å². The van der Waals surface area contributed by atoms with Gasteiger partial charge in [-0.3, -0.25) is 0 Å². The van der Waals surface area contributed by atoms with Crippen molar-refractivity contribution < 1.29 is 0 Å². The summed E-state index contributed by atoms with van der Waals surface area (Å²) < 4.78 is 9.61. The van der Waals surface area contributed by atoms with Gasteiger partial charge in [-0.05, 0) is 223 Å². The van der Waals surface area contributed by atoms with Crippen LogP contribution in [0.15, 0.2) is 376 Å². The van der Waals surface area contributed by atoms with Crippen molar-refractivity contribution in [2.75, 3.05) is 0 Å². The van der Waals surface area contributed by atoms with Crippen molar-refractivity contribution in [3.05, 3.63) is 376 Å². The van der Waals surface area contributed by atoms with Crippen LogP contribution in [-0.4, -0.2) is 18.3 Å². The van der Waals surface area contributed by atoms with Crippen LogP contribution in [0.2, 0.25) is 0 Å². The highest BCUT2D eigenvalue weighted by Crippen LogP contribution is 2.43. The summed E-state index contributed by atoms with van der Waals surface area (Å²) in [5.74, 6) is 0. The topological polar surface area (TPSA) is 19.7 Å². The van der Waals surface area contributed by atoms with E-state index < -0.39 is 0 Å². The quantitative estimate of drug-likeness (QED) is 0.123. The minimum Gasteiger partial charge on any atom is -0.309 e. The third-order valence-corrected chi connectivity index (χ3v) is 20.8. The Morgan fingerprint density at radius 3 is 0.550 bits per heavy atom. The Morgan fingerprint density at radius 2 is 0.290 bits per heavy atom. The molecule has 0 radical (unpaired) electrons. The minimum absolute atomic E-state index is 1.11. The van der Waals surface area contributed by atoms with Gasteiger partial charge in [-0.25, -0.2) is 0 Å². The van der Waals surface area contributed by atoms with Crippen LogP contribution < -0.4 is 0 Å². The van der Waals surface area contributed by atoms with Crippen molar-refractivity contribution in [1.29, 1.82) is 0 Å². The molecule has 0 N–H and O–H groups in total. The van der Waals surface area contributed by atoms with Gasteiger partial charge in [0.15, 0.2) is 0 Å². The van der Waals surface area contributed by atoms with Crippen LogP contribution in [0.3, 0.4) is 0 Å². The molecule has 20 rings (SSSR count). The van der Waals surface area contributed by atoms with E-state index in [0.717, 1.165) is 56.1 Å². The van der Waals surface area contributed by atoms with E-state index in [1.807, 2.05) is 0 Å². The van der Waals surface area contributed by atoms with Gasteiger partial charge in [0, 0.05) is 65.8 Å². The van der Waals surface area contributed by atoms with Crippen molar-refractivity contribution in [3.63, 3.8) is 0 Å². The highest BCUT2D eigenvalue weighted by atomic mass is 15.0. The summed E-state index contributed by atoms with van der Waals surface area (Å²) in [5.41, 5.74) is 30.5. The second-order valence-corrected chi connectivity index (χ2v) is 26.4. The van der Waals surface area contributed by atoms with Gasteiger partial charge < -0.3 is 18.3 Å². The van der Waals surface area contributed by atoms with Crippen LogP contribution in [0, 0.1) is 0 Å². The third kappa shape index (κ3) is 9.45. The molecule has 4 heterocycles. The lowest BCUT2D eigenvalue weighted by Gasteiger charge is -2.15. The molecule has 0 fully saturated rings. The Morgan fingerprint density at radius 1 is 0.110 bits per heavy atom. The van der Waals surface area contributed by atoms with E-state index in [4.69, 9.17) is 0 Å². The predicted octanol–water partition coefficient (Wildman–Crippen LogP) is 25.7. The molecule has 0 saturated carbocycles. The van der Waals surface area contributed by atoms with E-state index in [1.165, 1.54) is 132 Å². The Bertz CT molecular complexity index is 6480. The molecule has 4 aromatic heterocycles. The molecule has 0 amide bonds. The monoisotopic (exact) mass is 1270 g/mol. The van der Waals surface area contributed by atoms with Crippen molar-refractivity contribution >= 4 is 87.2 Å². The van der Waals surface area contributed by atoms with Crippen molar-refractivity contribution in [2.24, 2.45) is 0 Å². The molecule has 0 saturated heterocycles. The Labute approximate surface area is 578 Å². The molecule has 466 valence electrons. The lowest BCUT2D eigenvalue weighted by Crippen LogP contribution is -1.95. The molecule has 0 aliphatic carbocycles. The molecule has 0 bridgehead atoms. The number of fused-ring (bicyclic) bond motifs is 12. The molecule has 16 aromatic carbocycles. The number of rotatable bonds is 11. The van der Waals surface area contributed by atoms with Gasteiger partial charge >= 0.3 is 0 Å². The van der Waals surface area contributed by atoms with Gasteiger partial charge in [-0.1, -0.05) is 231 Å². The van der Waals surface area contributed by atoms with Gasteiger partial charge in [-0.2, -0.15) is 0 Å². The first kappa shape index (κ1) is 57.0. The minimum atomic E-state index is 1.11. The zero-order valence-electron chi connectivity index (χ0n) is 54.6. The lowest BCUT2D eigenvalue weighted by molar-refractivity contribution is 1.18. The SMILES string of the molecule is c1ccc(-c2cc(-c3ccc(-n4c5ccccc5c5ccccc54)cc3)cc(-c3cc(-c4ccccc4)cc(-c4ccc(-n5c6ccccc6c6cc(-c7ccc8c(c7)c7ccccc7n8-c7ccc(-c8ccc(-n9c%10ccccc%10c%10ccccc%109)cc8)cc7)ccc65)cc4)c3)c2)cc1. The molecule has 0 spiro atoms. The van der Waals surface area contributed by atoms with Gasteiger partial charge in [0.05, 0.1) is 44.1 Å². The van der Waals surface area contributed by atoms with Crippen LogP contribution in [0.4, 0.5) is 0 Å². The molecule has 0 aliphatic rings. The lowest BCUT2D eigenvalue weighted by atomic mass is 9.90. The average Bonchev–Trinajstić information content (AvgIpc) is 1.59. The molecular weight excluding hydrogens is 1210 g/mol. The second kappa shape index (κ2) is 23.2. The van der Waals surface area contributed by atoms with Crippen molar-refractivity contribution in [1.82, 2.24) is 18.3 Å². The highest BCUT2D eigenvalue weighted by molar-refractivity contribution is 6.14. The Balaban J connectivity index is 0.625. The van der Waals surface area contributed by atoms with Gasteiger partial charge in [-0.15, -0.1) is 0 Å². The highest BCUT2D eigenvalue weighted by Gasteiger charge is 2.20. The first-order valence-corrected chi connectivity index (χ1v) is 34.4. The molecule has 0 aliphatic heterocycles. The maximum absolute atomic E-state index is 2.43. The summed E-state index contributed by atoms with van der Waals surface area (Å²) in [6.07, 6.45) is 0. The summed E-state index contributed by atoms with van der Waals surface area (Å²) in [4.78, 5) is 0. The van der Waals surface area contributed by atoms with E-state index >= 15 is 0 Å². The zero-order valence-corrected chi connectivity index (χ0v) is 54.6. The van der Waals surface area contributed by atoms with E-state index in [1.54, 1.807) is 0 Å². The van der Waals surface area contributed by atoms with E-state index in [2.05, 4.69) is 394 Å². The zero-order chi connectivity index (χ0) is 65.8. The van der Waals surface area contributed by atoms with Crippen LogP contribution in [-0.2, 0) is 0 Å². The van der Waals surface area contributed by atoms with Crippen LogP contribution in [0.25, 0.3) is 188 Å². The number of aromatic nitrogens is 4. The number of nitrogens with zero attached hydrogens (tertiary/aromatic N) is 4. The molecule has 0 atom stereocenters. The van der Waals surface area contributed by atoms with Crippen LogP contribution in [0.5, 0.6) is 0 Å². The standard InChI is InChI=1S/C96H62N4/c1-3-19-63(20-4-1)71-55-73(67-39-49-78(50-40-67)98-91-31-15-9-25-83(91)84-26-10-16-32-92(84)98)59-75(57-71)76-58-72(64-21-5-2-6-22-64)56-74(60-76)68-41-51-80(52-42-68)100-94-34-18-12-28-86(94)88-62-70(44-54-96(88)100)69-43-53-95-87(61-69)85-27-11-17-33-93(85)99(95)79-47-37-66(38-48-79)65-35-45-77(46-36-65)97-89-29-13-7-23-81(89)82-24-8-14-30-90(82)97/h1-62H. The second-order valence-electron chi connectivity index (χ2n) is 26.4. The first-order valence-electron chi connectivity index (χ1n) is 34.4. The van der Waals surface area contributed by atoms with Crippen LogP contribution >= 0.6 is 0 Å². The van der Waals surface area contributed by atoms with Gasteiger partial charge in [0.1, 0.15) is 0 Å². The summed E-state index contributed by atoms with van der Waals surface area (Å²) in [5, 5.41) is 9.96. The van der Waals surface area contributed by atoms with Crippen molar-refractivity contribution in [2.45, 2.75) is 0 Å². The van der Waals surface area contributed by atoms with E-state index in [0.29, 0.717) is 0 Å². The fourth-order valence-corrected chi connectivity index (χ4v) is 16.0. The maximum atomic E-state index is 2.43.